The molecule has 2 aromatic rings. The van der Waals surface area contributed by atoms with Crippen LogP contribution in [-0.2, 0) is 6.54 Å². The van der Waals surface area contributed by atoms with E-state index in [0.717, 1.165) is 4.57 Å². The fraction of sp³-hybridized carbons (Fsp3) is 0.250. The highest BCUT2D eigenvalue weighted by atomic mass is 35.5. The molecule has 0 saturated heterocycles. The molecule has 24 heavy (non-hydrogen) atoms. The van der Waals surface area contributed by atoms with Crippen LogP contribution in [0.15, 0.2) is 33.2 Å². The fourth-order valence-electron chi connectivity index (χ4n) is 2.20. The molecule has 124 valence electrons. The van der Waals surface area contributed by atoms with Gasteiger partial charge < -0.3 is 9.84 Å². The number of aromatic hydroxyl groups is 1. The second kappa shape index (κ2) is 7.15. The van der Waals surface area contributed by atoms with E-state index >= 15 is 0 Å². The Bertz CT molecular complexity index is 913. The van der Waals surface area contributed by atoms with E-state index in [2.05, 4.69) is 10.2 Å². The highest BCUT2D eigenvalue weighted by Gasteiger charge is 2.18. The molecule has 0 bridgehead atoms. The summed E-state index contributed by atoms with van der Waals surface area (Å²) >= 11 is 5.94. The number of nitriles is 1. The quantitative estimate of drug-likeness (QED) is 0.850. The number of benzene rings is 1. The van der Waals surface area contributed by atoms with Crippen LogP contribution in [0.5, 0.6) is 11.6 Å². The zero-order chi connectivity index (χ0) is 17.9. The van der Waals surface area contributed by atoms with Crippen molar-refractivity contribution in [2.45, 2.75) is 20.4 Å². The van der Waals surface area contributed by atoms with Gasteiger partial charge in [-0.05, 0) is 32.0 Å². The number of pyridine rings is 1. The number of halogens is 1. The van der Waals surface area contributed by atoms with E-state index in [1.807, 2.05) is 6.07 Å². The Morgan fingerprint density at radius 3 is 2.71 bits per heavy atom. The third-order valence-electron chi connectivity index (χ3n) is 3.48. The first kappa shape index (κ1) is 17.5. The van der Waals surface area contributed by atoms with E-state index < -0.39 is 5.56 Å². The summed E-state index contributed by atoms with van der Waals surface area (Å²) in [5, 5.41) is 27.6. The molecule has 1 N–H and O–H groups in total. The van der Waals surface area contributed by atoms with Gasteiger partial charge in [0.1, 0.15) is 23.1 Å². The van der Waals surface area contributed by atoms with Crippen LogP contribution in [0.4, 0.5) is 11.4 Å². The molecular weight excluding hydrogens is 332 g/mol. The van der Waals surface area contributed by atoms with Crippen molar-refractivity contribution >= 4 is 23.0 Å². The van der Waals surface area contributed by atoms with Gasteiger partial charge in [-0.1, -0.05) is 11.6 Å². The van der Waals surface area contributed by atoms with E-state index in [4.69, 9.17) is 16.3 Å². The summed E-state index contributed by atoms with van der Waals surface area (Å²) in [4.78, 5) is 12.4. The number of hydrogen-bond donors (Lipinski definition) is 1. The monoisotopic (exact) mass is 346 g/mol. The predicted octanol–water partition coefficient (Wildman–Crippen LogP) is 3.83. The van der Waals surface area contributed by atoms with Crippen molar-refractivity contribution < 1.29 is 9.84 Å². The maximum Gasteiger partial charge on any atom is 0.281 e. The zero-order valence-corrected chi connectivity index (χ0v) is 14.1. The second-order valence-corrected chi connectivity index (χ2v) is 5.29. The number of aromatic nitrogens is 1. The van der Waals surface area contributed by atoms with Gasteiger partial charge in [-0.15, -0.1) is 10.2 Å². The average Bonchev–Trinajstić information content (AvgIpc) is 2.55. The van der Waals surface area contributed by atoms with Gasteiger partial charge in [-0.3, -0.25) is 9.36 Å². The topological polar surface area (TPSA) is 100.0 Å². The molecule has 0 amide bonds. The van der Waals surface area contributed by atoms with Crippen LogP contribution in [0.1, 0.15) is 18.1 Å². The minimum absolute atomic E-state index is 0.0107. The number of methoxy groups -OCH3 is 1. The lowest BCUT2D eigenvalue weighted by atomic mass is 10.1. The lowest BCUT2D eigenvalue weighted by molar-refractivity contribution is 0.409. The van der Waals surface area contributed by atoms with Crippen LogP contribution in [0.2, 0.25) is 5.02 Å². The van der Waals surface area contributed by atoms with E-state index in [1.54, 1.807) is 25.1 Å². The minimum Gasteiger partial charge on any atom is -0.494 e. The van der Waals surface area contributed by atoms with Gasteiger partial charge >= 0.3 is 0 Å². The number of azo groups is 1. The molecule has 1 aromatic carbocycles. The van der Waals surface area contributed by atoms with E-state index in [-0.39, 0.29) is 29.2 Å². The number of hydrogen-bond acceptors (Lipinski definition) is 6. The van der Waals surface area contributed by atoms with Gasteiger partial charge in [-0.25, -0.2) is 0 Å². The first-order chi connectivity index (χ1) is 11.4. The van der Waals surface area contributed by atoms with Crippen molar-refractivity contribution in [3.8, 4) is 17.7 Å². The standard InChI is InChI=1S/C16H15ClN4O3/c1-4-21-15(22)11(8-18)9(2)14(16(21)23)20-19-12-7-10(17)5-6-13(12)24-3/h5-7,22H,4H2,1-3H3. The molecule has 0 radical (unpaired) electrons. The third kappa shape index (κ3) is 3.09. The summed E-state index contributed by atoms with van der Waals surface area (Å²) in [6, 6.07) is 6.70. The smallest absolute Gasteiger partial charge is 0.281 e. The molecule has 0 aliphatic heterocycles. The molecule has 1 aromatic heterocycles. The molecule has 0 aliphatic carbocycles. The third-order valence-corrected chi connectivity index (χ3v) is 3.72. The second-order valence-electron chi connectivity index (χ2n) is 4.85. The summed E-state index contributed by atoms with van der Waals surface area (Å²) in [5.41, 5.74) is 0.0424. The van der Waals surface area contributed by atoms with Crippen molar-refractivity contribution in [1.29, 1.82) is 5.26 Å². The summed E-state index contributed by atoms with van der Waals surface area (Å²) in [6.07, 6.45) is 0. The molecule has 0 atom stereocenters. The van der Waals surface area contributed by atoms with Gasteiger partial charge in [0, 0.05) is 17.1 Å². The summed E-state index contributed by atoms with van der Waals surface area (Å²) in [7, 11) is 1.48. The Kier molecular flexibility index (Phi) is 5.21. The molecule has 1 heterocycles. The van der Waals surface area contributed by atoms with Crippen molar-refractivity contribution in [1.82, 2.24) is 4.57 Å². The van der Waals surface area contributed by atoms with Crippen LogP contribution >= 0.6 is 11.6 Å². The van der Waals surface area contributed by atoms with Crippen LogP contribution in [0.25, 0.3) is 0 Å². The van der Waals surface area contributed by atoms with Crippen molar-refractivity contribution in [3.63, 3.8) is 0 Å². The Balaban J connectivity index is 2.65. The van der Waals surface area contributed by atoms with Crippen LogP contribution < -0.4 is 10.3 Å². The van der Waals surface area contributed by atoms with Crippen molar-refractivity contribution in [2.75, 3.05) is 7.11 Å². The molecule has 8 heteroatoms. The molecule has 0 fully saturated rings. The van der Waals surface area contributed by atoms with Crippen LogP contribution in [0, 0.1) is 18.3 Å². The molecule has 2 rings (SSSR count). The van der Waals surface area contributed by atoms with Crippen molar-refractivity contribution in [2.24, 2.45) is 10.2 Å². The summed E-state index contributed by atoms with van der Waals surface area (Å²) in [6.45, 7) is 3.41. The van der Waals surface area contributed by atoms with Gasteiger partial charge in [0.05, 0.1) is 7.11 Å². The summed E-state index contributed by atoms with van der Waals surface area (Å²) in [5.74, 6) is 0.0673. The highest BCUT2D eigenvalue weighted by molar-refractivity contribution is 6.30. The number of ether oxygens (including phenoxy) is 1. The molecule has 0 unspecified atom stereocenters. The number of rotatable bonds is 4. The van der Waals surface area contributed by atoms with Crippen LogP contribution in [-0.4, -0.2) is 16.8 Å². The van der Waals surface area contributed by atoms with Crippen molar-refractivity contribution in [3.05, 3.63) is 44.7 Å². The largest absolute Gasteiger partial charge is 0.494 e. The minimum atomic E-state index is -0.531. The number of nitrogens with zero attached hydrogens (tertiary/aromatic N) is 4. The molecule has 7 nitrogen and oxygen atoms in total. The molecular formula is C16H15ClN4O3. The Labute approximate surface area is 143 Å². The fourth-order valence-corrected chi connectivity index (χ4v) is 2.36. The maximum atomic E-state index is 12.4. The summed E-state index contributed by atoms with van der Waals surface area (Å²) < 4.78 is 6.23. The Morgan fingerprint density at radius 1 is 1.42 bits per heavy atom. The first-order valence-corrected chi connectivity index (χ1v) is 7.44. The lowest BCUT2D eigenvalue weighted by Gasteiger charge is -2.11. The Morgan fingerprint density at radius 2 is 2.12 bits per heavy atom. The van der Waals surface area contributed by atoms with E-state index in [0.29, 0.717) is 16.5 Å². The predicted molar refractivity (Wildman–Crippen MR) is 89.7 cm³/mol. The van der Waals surface area contributed by atoms with Gasteiger partial charge in [0.2, 0.25) is 5.88 Å². The Hall–Kier alpha value is -2.85. The first-order valence-electron chi connectivity index (χ1n) is 7.06. The maximum absolute atomic E-state index is 12.4. The van der Waals surface area contributed by atoms with Gasteiger partial charge in [-0.2, -0.15) is 5.26 Å². The van der Waals surface area contributed by atoms with Crippen LogP contribution in [0.3, 0.4) is 0 Å². The zero-order valence-electron chi connectivity index (χ0n) is 13.4. The molecule has 0 saturated carbocycles. The normalized spacial score (nSPS) is 10.8. The van der Waals surface area contributed by atoms with Gasteiger partial charge in [0.15, 0.2) is 5.69 Å². The average molecular weight is 347 g/mol. The molecule has 0 aliphatic rings. The van der Waals surface area contributed by atoms with E-state index in [1.165, 1.54) is 14.0 Å². The van der Waals surface area contributed by atoms with E-state index in [9.17, 15) is 15.2 Å². The lowest BCUT2D eigenvalue weighted by Crippen LogP contribution is -2.20. The molecule has 0 spiro atoms. The van der Waals surface area contributed by atoms with Gasteiger partial charge in [0.25, 0.3) is 5.56 Å². The SMILES string of the molecule is CCn1c(O)c(C#N)c(C)c(N=Nc2cc(Cl)ccc2OC)c1=O. The highest BCUT2D eigenvalue weighted by Crippen LogP contribution is 2.32.